The first kappa shape index (κ1) is 9.58. The lowest BCUT2D eigenvalue weighted by Crippen LogP contribution is -1.99. The zero-order chi connectivity index (χ0) is 10.7. The summed E-state index contributed by atoms with van der Waals surface area (Å²) in [5.41, 5.74) is 1.66. The highest BCUT2D eigenvalue weighted by Crippen LogP contribution is 2.19. The number of halogens is 1. The van der Waals surface area contributed by atoms with Crippen LogP contribution in [0.2, 0.25) is 0 Å². The number of aromatic hydroxyl groups is 1. The Balaban J connectivity index is 2.02. The minimum Gasteiger partial charge on any atom is -0.505 e. The molecule has 0 fully saturated rings. The van der Waals surface area contributed by atoms with Crippen molar-refractivity contribution in [3.63, 3.8) is 0 Å². The van der Waals surface area contributed by atoms with Gasteiger partial charge in [0.05, 0.1) is 6.54 Å². The number of nitrogens with one attached hydrogen (secondary N) is 2. The molecule has 0 amide bonds. The number of H-pyrrole nitrogens is 1. The monoisotopic (exact) mass is 206 g/mol. The normalized spacial score (nSPS) is 10.2. The van der Waals surface area contributed by atoms with Crippen LogP contribution in [0.3, 0.4) is 0 Å². The van der Waals surface area contributed by atoms with Gasteiger partial charge in [0.2, 0.25) is 0 Å². The largest absolute Gasteiger partial charge is 0.505 e. The second-order valence-electron chi connectivity index (χ2n) is 3.22. The molecule has 78 valence electrons. The van der Waals surface area contributed by atoms with Gasteiger partial charge in [-0.05, 0) is 24.3 Å². The molecule has 3 N–H and O–H groups in total. The van der Waals surface area contributed by atoms with Crippen molar-refractivity contribution in [1.29, 1.82) is 0 Å². The van der Waals surface area contributed by atoms with E-state index in [2.05, 4.69) is 10.3 Å². The van der Waals surface area contributed by atoms with E-state index in [0.29, 0.717) is 12.2 Å². The molecule has 2 rings (SSSR count). The van der Waals surface area contributed by atoms with Crippen LogP contribution in [0, 0.1) is 5.82 Å². The van der Waals surface area contributed by atoms with E-state index in [1.54, 1.807) is 6.07 Å². The van der Waals surface area contributed by atoms with Crippen LogP contribution < -0.4 is 5.32 Å². The molecule has 0 saturated carbocycles. The Bertz CT molecular complexity index is 440. The standard InChI is InChI=1S/C11H11FN2O/c12-10-6-8(3-4-11(10)15)14-7-9-2-1-5-13-9/h1-6,13-15H,7H2. The summed E-state index contributed by atoms with van der Waals surface area (Å²) in [6.07, 6.45) is 1.83. The Labute approximate surface area is 86.6 Å². The van der Waals surface area contributed by atoms with Crippen LogP contribution in [-0.2, 0) is 6.54 Å². The van der Waals surface area contributed by atoms with E-state index in [0.717, 1.165) is 5.69 Å². The van der Waals surface area contributed by atoms with Crippen LogP contribution in [0.1, 0.15) is 5.69 Å². The van der Waals surface area contributed by atoms with Crippen LogP contribution in [0.15, 0.2) is 36.5 Å². The summed E-state index contributed by atoms with van der Waals surface area (Å²) in [5, 5.41) is 12.0. The summed E-state index contributed by atoms with van der Waals surface area (Å²) in [7, 11) is 0. The lowest BCUT2D eigenvalue weighted by molar-refractivity contribution is 0.432. The maximum absolute atomic E-state index is 12.9. The van der Waals surface area contributed by atoms with Crippen LogP contribution in [0.25, 0.3) is 0 Å². The van der Waals surface area contributed by atoms with Crippen molar-refractivity contribution in [1.82, 2.24) is 4.98 Å². The SMILES string of the molecule is Oc1ccc(NCc2ccc[nH]2)cc1F. The maximum atomic E-state index is 12.9. The summed E-state index contributed by atoms with van der Waals surface area (Å²) in [6, 6.07) is 8.05. The third kappa shape index (κ3) is 2.28. The number of hydrogen-bond donors (Lipinski definition) is 3. The number of rotatable bonds is 3. The lowest BCUT2D eigenvalue weighted by Gasteiger charge is -2.05. The van der Waals surface area contributed by atoms with Gasteiger partial charge in [-0.1, -0.05) is 0 Å². The van der Waals surface area contributed by atoms with E-state index in [1.807, 2.05) is 18.3 Å². The van der Waals surface area contributed by atoms with Gasteiger partial charge < -0.3 is 15.4 Å². The van der Waals surface area contributed by atoms with E-state index in [4.69, 9.17) is 5.11 Å². The van der Waals surface area contributed by atoms with Gasteiger partial charge in [0, 0.05) is 23.6 Å². The Morgan fingerprint density at radius 3 is 2.87 bits per heavy atom. The minimum absolute atomic E-state index is 0.333. The first-order valence-electron chi connectivity index (χ1n) is 4.60. The van der Waals surface area contributed by atoms with Gasteiger partial charge in [0.15, 0.2) is 11.6 Å². The molecule has 0 radical (unpaired) electrons. The van der Waals surface area contributed by atoms with Crippen molar-refractivity contribution in [3.8, 4) is 5.75 Å². The smallest absolute Gasteiger partial charge is 0.166 e. The molecule has 4 heteroatoms. The van der Waals surface area contributed by atoms with Crippen LogP contribution in [0.4, 0.5) is 10.1 Å². The van der Waals surface area contributed by atoms with Crippen molar-refractivity contribution in [2.24, 2.45) is 0 Å². The molecule has 0 aliphatic rings. The third-order valence-electron chi connectivity index (χ3n) is 2.09. The second kappa shape index (κ2) is 4.04. The lowest BCUT2D eigenvalue weighted by atomic mass is 10.3. The highest BCUT2D eigenvalue weighted by molar-refractivity contribution is 5.47. The molecular weight excluding hydrogens is 195 g/mol. The first-order valence-corrected chi connectivity index (χ1v) is 4.60. The fourth-order valence-electron chi connectivity index (χ4n) is 1.29. The summed E-state index contributed by atoms with van der Waals surface area (Å²) < 4.78 is 12.9. The Morgan fingerprint density at radius 1 is 1.33 bits per heavy atom. The second-order valence-corrected chi connectivity index (χ2v) is 3.22. The highest BCUT2D eigenvalue weighted by Gasteiger charge is 2.01. The van der Waals surface area contributed by atoms with Gasteiger partial charge in [-0.25, -0.2) is 4.39 Å². The van der Waals surface area contributed by atoms with E-state index >= 15 is 0 Å². The molecule has 0 aliphatic carbocycles. The van der Waals surface area contributed by atoms with Gasteiger partial charge in [0.1, 0.15) is 0 Å². The Hall–Kier alpha value is -1.97. The molecule has 1 heterocycles. The molecule has 3 nitrogen and oxygen atoms in total. The van der Waals surface area contributed by atoms with Crippen LogP contribution in [-0.4, -0.2) is 10.1 Å². The summed E-state index contributed by atoms with van der Waals surface area (Å²) >= 11 is 0. The average molecular weight is 206 g/mol. The first-order chi connectivity index (χ1) is 7.25. The molecular formula is C11H11FN2O. The number of phenolic OH excluding ortho intramolecular Hbond substituents is 1. The number of aromatic amines is 1. The quantitative estimate of drug-likeness (QED) is 0.675. The fourth-order valence-corrected chi connectivity index (χ4v) is 1.29. The van der Waals surface area contributed by atoms with Crippen LogP contribution >= 0.6 is 0 Å². The van der Waals surface area contributed by atoms with E-state index in [1.165, 1.54) is 12.1 Å². The third-order valence-corrected chi connectivity index (χ3v) is 2.09. The average Bonchev–Trinajstić information content (AvgIpc) is 2.73. The molecule has 1 aromatic heterocycles. The summed E-state index contributed by atoms with van der Waals surface area (Å²) in [6.45, 7) is 0.594. The minimum atomic E-state index is -0.619. The molecule has 0 bridgehead atoms. The van der Waals surface area contributed by atoms with Crippen molar-refractivity contribution in [2.75, 3.05) is 5.32 Å². The summed E-state index contributed by atoms with van der Waals surface area (Å²) in [4.78, 5) is 3.03. The van der Waals surface area contributed by atoms with Gasteiger partial charge in [-0.2, -0.15) is 0 Å². The van der Waals surface area contributed by atoms with Crippen molar-refractivity contribution in [2.45, 2.75) is 6.54 Å². The van der Waals surface area contributed by atoms with E-state index < -0.39 is 5.82 Å². The van der Waals surface area contributed by atoms with Crippen molar-refractivity contribution < 1.29 is 9.50 Å². The molecule has 2 aromatic rings. The molecule has 0 spiro atoms. The Kier molecular flexibility index (Phi) is 2.58. The molecule has 0 atom stereocenters. The number of benzene rings is 1. The zero-order valence-corrected chi connectivity index (χ0v) is 8.00. The Morgan fingerprint density at radius 2 is 2.20 bits per heavy atom. The van der Waals surface area contributed by atoms with Gasteiger partial charge in [0.25, 0.3) is 0 Å². The van der Waals surface area contributed by atoms with E-state index in [-0.39, 0.29) is 5.75 Å². The zero-order valence-electron chi connectivity index (χ0n) is 8.00. The highest BCUT2D eigenvalue weighted by atomic mass is 19.1. The van der Waals surface area contributed by atoms with Crippen LogP contribution in [0.5, 0.6) is 5.75 Å². The maximum Gasteiger partial charge on any atom is 0.166 e. The molecule has 0 aliphatic heterocycles. The summed E-state index contributed by atoms with van der Waals surface area (Å²) in [5.74, 6) is -0.952. The molecule has 1 aromatic carbocycles. The topological polar surface area (TPSA) is 48.0 Å². The molecule has 0 unspecified atom stereocenters. The fraction of sp³-hybridized carbons (Fsp3) is 0.0909. The number of aromatic nitrogens is 1. The number of phenols is 1. The van der Waals surface area contributed by atoms with Crippen molar-refractivity contribution >= 4 is 5.69 Å². The predicted molar refractivity (Wildman–Crippen MR) is 56.2 cm³/mol. The van der Waals surface area contributed by atoms with Crippen molar-refractivity contribution in [3.05, 3.63) is 48.0 Å². The van der Waals surface area contributed by atoms with Gasteiger partial charge >= 0.3 is 0 Å². The predicted octanol–water partition coefficient (Wildman–Crippen LogP) is 2.47. The number of hydrogen-bond acceptors (Lipinski definition) is 2. The van der Waals surface area contributed by atoms with E-state index in [9.17, 15) is 4.39 Å². The van der Waals surface area contributed by atoms with Gasteiger partial charge in [-0.15, -0.1) is 0 Å². The molecule has 0 saturated heterocycles. The molecule has 15 heavy (non-hydrogen) atoms. The number of anilines is 1. The van der Waals surface area contributed by atoms with Gasteiger partial charge in [-0.3, -0.25) is 0 Å².